The van der Waals surface area contributed by atoms with Crippen LogP contribution in [0.25, 0.3) is 11.0 Å². The summed E-state index contributed by atoms with van der Waals surface area (Å²) >= 11 is 0. The first-order valence-corrected chi connectivity index (χ1v) is 8.18. The SMILES string of the molecule is O=C(c1ccccc1F)N1CCC(n2nnc3cc(F)ccc32)CC1. The van der Waals surface area contributed by atoms with E-state index in [2.05, 4.69) is 10.3 Å². The minimum absolute atomic E-state index is 0.0835. The minimum atomic E-state index is -0.501. The first-order chi connectivity index (χ1) is 12.1. The second kappa shape index (κ2) is 6.23. The number of fused-ring (bicyclic) bond motifs is 1. The molecule has 1 aliphatic rings. The molecule has 25 heavy (non-hydrogen) atoms. The van der Waals surface area contributed by atoms with E-state index in [1.165, 1.54) is 24.3 Å². The number of rotatable bonds is 2. The van der Waals surface area contributed by atoms with Crippen LogP contribution in [0.15, 0.2) is 42.5 Å². The van der Waals surface area contributed by atoms with E-state index < -0.39 is 5.82 Å². The number of likely N-dealkylation sites (tertiary alicyclic amines) is 1. The van der Waals surface area contributed by atoms with Crippen molar-refractivity contribution in [3.8, 4) is 0 Å². The zero-order valence-electron chi connectivity index (χ0n) is 13.4. The maximum absolute atomic E-state index is 13.8. The molecule has 1 amide bonds. The molecule has 128 valence electrons. The maximum atomic E-state index is 13.8. The molecule has 1 fully saturated rings. The first kappa shape index (κ1) is 15.7. The number of nitrogens with zero attached hydrogens (tertiary/aromatic N) is 4. The molecule has 7 heteroatoms. The van der Waals surface area contributed by atoms with Crippen molar-refractivity contribution in [2.24, 2.45) is 0 Å². The summed E-state index contributed by atoms with van der Waals surface area (Å²) in [5.74, 6) is -1.13. The molecule has 0 aliphatic carbocycles. The summed E-state index contributed by atoms with van der Waals surface area (Å²) in [6.07, 6.45) is 1.38. The van der Waals surface area contributed by atoms with Crippen molar-refractivity contribution in [3.63, 3.8) is 0 Å². The van der Waals surface area contributed by atoms with E-state index in [-0.39, 0.29) is 23.3 Å². The summed E-state index contributed by atoms with van der Waals surface area (Å²) in [5, 5.41) is 8.15. The van der Waals surface area contributed by atoms with Crippen LogP contribution in [0.4, 0.5) is 8.78 Å². The third kappa shape index (κ3) is 2.86. The van der Waals surface area contributed by atoms with Gasteiger partial charge in [0.05, 0.1) is 17.1 Å². The van der Waals surface area contributed by atoms with Crippen LogP contribution >= 0.6 is 0 Å². The van der Waals surface area contributed by atoms with Gasteiger partial charge in [-0.15, -0.1) is 5.10 Å². The Morgan fingerprint density at radius 2 is 1.84 bits per heavy atom. The Kier molecular flexibility index (Phi) is 3.91. The Hall–Kier alpha value is -2.83. The molecule has 1 aromatic heterocycles. The van der Waals surface area contributed by atoms with E-state index in [1.54, 1.807) is 27.8 Å². The molecular formula is C18H16F2N4O. The van der Waals surface area contributed by atoms with Crippen molar-refractivity contribution in [1.29, 1.82) is 0 Å². The van der Waals surface area contributed by atoms with Crippen molar-refractivity contribution >= 4 is 16.9 Å². The van der Waals surface area contributed by atoms with Gasteiger partial charge in [-0.25, -0.2) is 13.5 Å². The number of benzene rings is 2. The van der Waals surface area contributed by atoms with Crippen LogP contribution in [0.1, 0.15) is 29.2 Å². The first-order valence-electron chi connectivity index (χ1n) is 8.18. The fourth-order valence-electron chi connectivity index (χ4n) is 3.30. The van der Waals surface area contributed by atoms with Crippen LogP contribution in [0, 0.1) is 11.6 Å². The van der Waals surface area contributed by atoms with E-state index in [1.807, 2.05) is 0 Å². The highest BCUT2D eigenvalue weighted by molar-refractivity contribution is 5.94. The highest BCUT2D eigenvalue weighted by atomic mass is 19.1. The third-order valence-electron chi connectivity index (χ3n) is 4.63. The number of carbonyl (C=O) groups excluding carboxylic acids is 1. The summed E-state index contributed by atoms with van der Waals surface area (Å²) < 4.78 is 28.9. The van der Waals surface area contributed by atoms with E-state index in [0.29, 0.717) is 31.4 Å². The van der Waals surface area contributed by atoms with Crippen LogP contribution < -0.4 is 0 Å². The van der Waals surface area contributed by atoms with Crippen molar-refractivity contribution < 1.29 is 13.6 Å². The van der Waals surface area contributed by atoms with Gasteiger partial charge in [0, 0.05) is 19.2 Å². The predicted molar refractivity (Wildman–Crippen MR) is 88.1 cm³/mol. The number of aromatic nitrogens is 3. The Labute approximate surface area is 142 Å². The zero-order valence-corrected chi connectivity index (χ0v) is 13.4. The molecule has 4 rings (SSSR count). The molecule has 2 aromatic carbocycles. The number of carbonyl (C=O) groups is 1. The third-order valence-corrected chi connectivity index (χ3v) is 4.63. The summed E-state index contributed by atoms with van der Waals surface area (Å²) in [6.45, 7) is 1.03. The monoisotopic (exact) mass is 342 g/mol. The minimum Gasteiger partial charge on any atom is -0.338 e. The predicted octanol–water partition coefficient (Wildman–Crippen LogP) is 3.19. The van der Waals surface area contributed by atoms with Crippen LogP contribution in [0.3, 0.4) is 0 Å². The molecule has 0 saturated carbocycles. The highest BCUT2D eigenvalue weighted by Gasteiger charge is 2.27. The van der Waals surface area contributed by atoms with Crippen LogP contribution in [-0.2, 0) is 0 Å². The number of amides is 1. The fraction of sp³-hybridized carbons (Fsp3) is 0.278. The average Bonchev–Trinajstić information content (AvgIpc) is 3.04. The highest BCUT2D eigenvalue weighted by Crippen LogP contribution is 2.26. The van der Waals surface area contributed by atoms with Crippen molar-refractivity contribution in [2.75, 3.05) is 13.1 Å². The lowest BCUT2D eigenvalue weighted by Crippen LogP contribution is -2.39. The normalized spacial score (nSPS) is 15.7. The zero-order chi connectivity index (χ0) is 17.4. The largest absolute Gasteiger partial charge is 0.338 e. The Bertz CT molecular complexity index is 932. The maximum Gasteiger partial charge on any atom is 0.256 e. The molecule has 3 aromatic rings. The van der Waals surface area contributed by atoms with Gasteiger partial charge in [0.25, 0.3) is 5.91 Å². The molecule has 2 heterocycles. The second-order valence-electron chi connectivity index (χ2n) is 6.17. The Balaban J connectivity index is 1.49. The molecule has 0 spiro atoms. The lowest BCUT2D eigenvalue weighted by molar-refractivity contribution is 0.0686. The van der Waals surface area contributed by atoms with Gasteiger partial charge in [-0.05, 0) is 37.1 Å². The Morgan fingerprint density at radius 1 is 1.08 bits per heavy atom. The molecule has 0 atom stereocenters. The van der Waals surface area contributed by atoms with Gasteiger partial charge in [0.2, 0.25) is 0 Å². The number of piperidine rings is 1. The van der Waals surface area contributed by atoms with Gasteiger partial charge in [0.1, 0.15) is 17.2 Å². The van der Waals surface area contributed by atoms with Gasteiger partial charge in [-0.2, -0.15) is 0 Å². The van der Waals surface area contributed by atoms with Gasteiger partial charge in [-0.3, -0.25) is 4.79 Å². The van der Waals surface area contributed by atoms with Gasteiger partial charge >= 0.3 is 0 Å². The molecule has 0 N–H and O–H groups in total. The van der Waals surface area contributed by atoms with Crippen LogP contribution in [0.2, 0.25) is 0 Å². The fourth-order valence-corrected chi connectivity index (χ4v) is 3.30. The standard InChI is InChI=1S/C18H16F2N4O/c19-12-5-6-17-16(11-12)21-22-24(17)13-7-9-23(10-8-13)18(25)14-3-1-2-4-15(14)20/h1-6,11,13H,7-10H2. The lowest BCUT2D eigenvalue weighted by Gasteiger charge is -2.32. The summed E-state index contributed by atoms with van der Waals surface area (Å²) in [6, 6.07) is 10.5. The number of halogens is 2. The van der Waals surface area contributed by atoms with Gasteiger partial charge in [0.15, 0.2) is 0 Å². The summed E-state index contributed by atoms with van der Waals surface area (Å²) in [4.78, 5) is 14.1. The molecule has 0 bridgehead atoms. The Morgan fingerprint density at radius 3 is 2.60 bits per heavy atom. The molecule has 1 aliphatic heterocycles. The quantitative estimate of drug-likeness (QED) is 0.719. The van der Waals surface area contributed by atoms with Crippen molar-refractivity contribution in [1.82, 2.24) is 19.9 Å². The molecule has 5 nitrogen and oxygen atoms in total. The lowest BCUT2D eigenvalue weighted by atomic mass is 10.0. The molecule has 0 radical (unpaired) electrons. The molecule has 0 unspecified atom stereocenters. The average molecular weight is 342 g/mol. The summed E-state index contributed by atoms with van der Waals surface area (Å²) in [7, 11) is 0. The number of hydrogen-bond acceptors (Lipinski definition) is 3. The van der Waals surface area contributed by atoms with Crippen molar-refractivity contribution in [2.45, 2.75) is 18.9 Å². The van der Waals surface area contributed by atoms with Crippen molar-refractivity contribution in [3.05, 3.63) is 59.7 Å². The van der Waals surface area contributed by atoms with Crippen LogP contribution in [-0.4, -0.2) is 38.9 Å². The second-order valence-corrected chi connectivity index (χ2v) is 6.17. The van der Waals surface area contributed by atoms with Crippen LogP contribution in [0.5, 0.6) is 0 Å². The van der Waals surface area contributed by atoms with E-state index in [9.17, 15) is 13.6 Å². The molecule has 1 saturated heterocycles. The number of hydrogen-bond donors (Lipinski definition) is 0. The molecular weight excluding hydrogens is 326 g/mol. The van der Waals surface area contributed by atoms with Gasteiger partial charge < -0.3 is 4.90 Å². The van der Waals surface area contributed by atoms with E-state index in [4.69, 9.17) is 0 Å². The van der Waals surface area contributed by atoms with E-state index in [0.717, 1.165) is 5.52 Å². The summed E-state index contributed by atoms with van der Waals surface area (Å²) in [5.41, 5.74) is 1.40. The topological polar surface area (TPSA) is 51.0 Å². The van der Waals surface area contributed by atoms with E-state index >= 15 is 0 Å². The smallest absolute Gasteiger partial charge is 0.256 e. The van der Waals surface area contributed by atoms with Gasteiger partial charge in [-0.1, -0.05) is 17.3 Å².